The van der Waals surface area contributed by atoms with Crippen LogP contribution in [0.25, 0.3) is 0 Å². The molecular formula is C24H37N3O4S. The van der Waals surface area contributed by atoms with Crippen LogP contribution in [0.2, 0.25) is 0 Å². The fourth-order valence-electron chi connectivity index (χ4n) is 4.39. The third kappa shape index (κ3) is 5.52. The topological polar surface area (TPSA) is 86.8 Å². The Bertz CT molecular complexity index is 923. The highest BCUT2D eigenvalue weighted by Crippen LogP contribution is 2.26. The zero-order valence-electron chi connectivity index (χ0n) is 19.7. The molecule has 1 N–H and O–H groups in total. The van der Waals surface area contributed by atoms with Gasteiger partial charge in [0.1, 0.15) is 0 Å². The summed E-state index contributed by atoms with van der Waals surface area (Å²) in [5.74, 6) is 0.162. The molecule has 3 rings (SSSR count). The van der Waals surface area contributed by atoms with Crippen molar-refractivity contribution in [2.75, 3.05) is 19.6 Å². The first-order valence-corrected chi connectivity index (χ1v) is 13.3. The van der Waals surface area contributed by atoms with Gasteiger partial charge in [0.2, 0.25) is 15.9 Å². The highest BCUT2D eigenvalue weighted by Gasteiger charge is 2.32. The lowest BCUT2D eigenvalue weighted by Crippen LogP contribution is -2.45. The number of hydrogen-bond acceptors (Lipinski definition) is 4. The first kappa shape index (κ1) is 24.7. The van der Waals surface area contributed by atoms with Gasteiger partial charge in [-0.2, -0.15) is 4.31 Å². The third-order valence-electron chi connectivity index (χ3n) is 6.95. The Balaban J connectivity index is 1.65. The van der Waals surface area contributed by atoms with Crippen molar-refractivity contribution in [1.29, 1.82) is 0 Å². The van der Waals surface area contributed by atoms with Gasteiger partial charge in [-0.05, 0) is 63.6 Å². The summed E-state index contributed by atoms with van der Waals surface area (Å²) in [5, 5.41) is 3.07. The van der Waals surface area contributed by atoms with E-state index in [0.717, 1.165) is 19.3 Å². The van der Waals surface area contributed by atoms with Gasteiger partial charge < -0.3 is 10.2 Å². The molecule has 2 heterocycles. The molecule has 2 aliphatic heterocycles. The van der Waals surface area contributed by atoms with E-state index in [1.54, 1.807) is 27.4 Å². The Morgan fingerprint density at radius 2 is 1.72 bits per heavy atom. The van der Waals surface area contributed by atoms with E-state index in [1.165, 1.54) is 6.07 Å². The molecule has 2 saturated heterocycles. The van der Waals surface area contributed by atoms with Gasteiger partial charge in [-0.1, -0.05) is 26.3 Å². The second kappa shape index (κ2) is 10.3. The summed E-state index contributed by atoms with van der Waals surface area (Å²) in [7, 11) is -3.63. The fraction of sp³-hybridized carbons (Fsp3) is 0.667. The van der Waals surface area contributed by atoms with Gasteiger partial charge in [0, 0.05) is 43.2 Å². The number of benzene rings is 1. The van der Waals surface area contributed by atoms with Crippen molar-refractivity contribution in [3.05, 3.63) is 29.8 Å². The lowest BCUT2D eigenvalue weighted by molar-refractivity contribution is -0.127. The maximum absolute atomic E-state index is 13.2. The van der Waals surface area contributed by atoms with E-state index in [0.29, 0.717) is 44.0 Å². The zero-order valence-corrected chi connectivity index (χ0v) is 20.5. The summed E-state index contributed by atoms with van der Waals surface area (Å²) in [4.78, 5) is 27.5. The monoisotopic (exact) mass is 463 g/mol. The Hall–Kier alpha value is -1.93. The van der Waals surface area contributed by atoms with E-state index >= 15 is 0 Å². The molecule has 2 fully saturated rings. The standard InChI is InChI=1S/C24H37N3O4S/c1-17(2)19(4)25-23(28)20-11-14-26(15-12-20)24(29)21-9-7-10-22(16-21)32(30,31)27-13-6-5-8-18(27)3/h7,9-10,16-20H,5-6,8,11-15H2,1-4H3,(H,25,28). The van der Waals surface area contributed by atoms with Crippen molar-refractivity contribution in [1.82, 2.24) is 14.5 Å². The molecule has 2 amide bonds. The van der Waals surface area contributed by atoms with Crippen molar-refractivity contribution in [3.8, 4) is 0 Å². The van der Waals surface area contributed by atoms with Crippen molar-refractivity contribution in [3.63, 3.8) is 0 Å². The molecule has 0 radical (unpaired) electrons. The van der Waals surface area contributed by atoms with Crippen LogP contribution in [-0.2, 0) is 14.8 Å². The van der Waals surface area contributed by atoms with Gasteiger partial charge in [-0.25, -0.2) is 8.42 Å². The molecule has 2 aliphatic rings. The summed E-state index contributed by atoms with van der Waals surface area (Å²) >= 11 is 0. The molecule has 1 aromatic rings. The lowest BCUT2D eigenvalue weighted by Gasteiger charge is -2.33. The number of rotatable bonds is 6. The van der Waals surface area contributed by atoms with Crippen LogP contribution in [0, 0.1) is 11.8 Å². The van der Waals surface area contributed by atoms with E-state index in [9.17, 15) is 18.0 Å². The van der Waals surface area contributed by atoms with Gasteiger partial charge in [-0.3, -0.25) is 9.59 Å². The molecule has 2 atom stereocenters. The molecule has 2 unspecified atom stereocenters. The van der Waals surface area contributed by atoms with Crippen molar-refractivity contribution >= 4 is 21.8 Å². The average Bonchev–Trinajstić information content (AvgIpc) is 2.78. The molecule has 1 aromatic carbocycles. The van der Waals surface area contributed by atoms with Gasteiger partial charge in [0.05, 0.1) is 4.90 Å². The van der Waals surface area contributed by atoms with Crippen LogP contribution in [0.1, 0.15) is 70.2 Å². The van der Waals surface area contributed by atoms with E-state index in [1.807, 2.05) is 13.8 Å². The minimum atomic E-state index is -3.63. The van der Waals surface area contributed by atoms with E-state index < -0.39 is 10.0 Å². The number of amides is 2. The Kier molecular flexibility index (Phi) is 7.98. The van der Waals surface area contributed by atoms with E-state index in [-0.39, 0.29) is 34.7 Å². The van der Waals surface area contributed by atoms with Gasteiger partial charge >= 0.3 is 0 Å². The maximum Gasteiger partial charge on any atom is 0.253 e. The molecule has 0 spiro atoms. The summed E-state index contributed by atoms with van der Waals surface area (Å²) in [6, 6.07) is 6.47. The van der Waals surface area contributed by atoms with Gasteiger partial charge in [0.15, 0.2) is 0 Å². The molecule has 7 nitrogen and oxygen atoms in total. The first-order chi connectivity index (χ1) is 15.1. The van der Waals surface area contributed by atoms with Crippen molar-refractivity contribution < 1.29 is 18.0 Å². The minimum absolute atomic E-state index is 0.0308. The largest absolute Gasteiger partial charge is 0.353 e. The number of carbonyl (C=O) groups excluding carboxylic acids is 2. The number of sulfonamides is 1. The molecule has 0 aliphatic carbocycles. The van der Waals surface area contributed by atoms with E-state index in [2.05, 4.69) is 19.2 Å². The predicted octanol–water partition coefficient (Wildman–Crippen LogP) is 3.26. The van der Waals surface area contributed by atoms with Crippen molar-refractivity contribution in [2.45, 2.75) is 76.8 Å². The number of nitrogens with one attached hydrogen (secondary N) is 1. The molecule has 178 valence electrons. The first-order valence-electron chi connectivity index (χ1n) is 11.8. The predicted molar refractivity (Wildman–Crippen MR) is 125 cm³/mol. The molecular weight excluding hydrogens is 426 g/mol. The molecule has 0 bridgehead atoms. The summed E-state index contributed by atoms with van der Waals surface area (Å²) in [6.07, 6.45) is 3.99. The molecule has 8 heteroatoms. The van der Waals surface area contributed by atoms with E-state index in [4.69, 9.17) is 0 Å². The van der Waals surface area contributed by atoms with Crippen LogP contribution in [0.15, 0.2) is 29.2 Å². The number of piperidine rings is 2. The number of likely N-dealkylation sites (tertiary alicyclic amines) is 1. The van der Waals surface area contributed by atoms with Crippen LogP contribution in [0.3, 0.4) is 0 Å². The zero-order chi connectivity index (χ0) is 23.5. The normalized spacial score (nSPS) is 22.0. The second-order valence-corrected chi connectivity index (χ2v) is 11.5. The Morgan fingerprint density at radius 3 is 2.34 bits per heavy atom. The van der Waals surface area contributed by atoms with Crippen LogP contribution in [0.5, 0.6) is 0 Å². The number of hydrogen-bond donors (Lipinski definition) is 1. The molecule has 0 saturated carbocycles. The Morgan fingerprint density at radius 1 is 1.03 bits per heavy atom. The highest BCUT2D eigenvalue weighted by atomic mass is 32.2. The van der Waals surface area contributed by atoms with Crippen LogP contribution in [0.4, 0.5) is 0 Å². The smallest absolute Gasteiger partial charge is 0.253 e. The summed E-state index contributed by atoms with van der Waals surface area (Å²) in [6.45, 7) is 9.60. The van der Waals surface area contributed by atoms with Crippen LogP contribution >= 0.6 is 0 Å². The Labute approximate surface area is 192 Å². The number of nitrogens with zero attached hydrogens (tertiary/aromatic N) is 2. The molecule has 0 aromatic heterocycles. The SMILES string of the molecule is CC(C)C(C)NC(=O)C1CCN(C(=O)c2cccc(S(=O)(=O)N3CCCCC3C)c2)CC1. The average molecular weight is 464 g/mol. The second-order valence-electron chi connectivity index (χ2n) is 9.60. The van der Waals surface area contributed by atoms with Crippen molar-refractivity contribution in [2.24, 2.45) is 11.8 Å². The quantitative estimate of drug-likeness (QED) is 0.702. The van der Waals surface area contributed by atoms with Gasteiger partial charge in [-0.15, -0.1) is 0 Å². The minimum Gasteiger partial charge on any atom is -0.353 e. The lowest BCUT2D eigenvalue weighted by atomic mass is 9.94. The van der Waals surface area contributed by atoms with Crippen LogP contribution < -0.4 is 5.32 Å². The highest BCUT2D eigenvalue weighted by molar-refractivity contribution is 7.89. The van der Waals surface area contributed by atoms with Gasteiger partial charge in [0.25, 0.3) is 5.91 Å². The summed E-state index contributed by atoms with van der Waals surface area (Å²) < 4.78 is 27.9. The number of carbonyl (C=O) groups is 2. The third-order valence-corrected chi connectivity index (χ3v) is 8.96. The summed E-state index contributed by atoms with van der Waals surface area (Å²) in [5.41, 5.74) is 0.382. The van der Waals surface area contributed by atoms with Crippen LogP contribution in [-0.4, -0.2) is 61.2 Å². The fourth-order valence-corrected chi connectivity index (χ4v) is 6.14. The maximum atomic E-state index is 13.2. The molecule has 32 heavy (non-hydrogen) atoms.